The van der Waals surface area contributed by atoms with E-state index in [0.717, 1.165) is 18.4 Å². The van der Waals surface area contributed by atoms with Gasteiger partial charge in [0.25, 0.3) is 0 Å². The molecule has 0 N–H and O–H groups in total. The standard InChI is InChI=1S/C14H18N4O3/c1-10-3-4-13(21-11-5-7-20-8-6-11)12(9-10)18-14(19)17(2)15-16-18/h3-4,9,11H,5-8H2,1-2H3. The molecule has 1 aliphatic rings. The number of tetrazole rings is 1. The third kappa shape index (κ3) is 2.82. The van der Waals surface area contributed by atoms with Gasteiger partial charge < -0.3 is 9.47 Å². The molecule has 21 heavy (non-hydrogen) atoms. The van der Waals surface area contributed by atoms with Crippen LogP contribution in [0.5, 0.6) is 5.75 Å². The van der Waals surface area contributed by atoms with Crippen molar-refractivity contribution in [3.05, 3.63) is 34.2 Å². The third-order valence-corrected chi connectivity index (χ3v) is 3.53. The Morgan fingerprint density at radius 3 is 2.71 bits per heavy atom. The molecule has 1 aromatic heterocycles. The molecule has 3 rings (SSSR count). The summed E-state index contributed by atoms with van der Waals surface area (Å²) in [5.74, 6) is 0.648. The summed E-state index contributed by atoms with van der Waals surface area (Å²) in [6.45, 7) is 3.37. The fourth-order valence-corrected chi connectivity index (χ4v) is 2.33. The van der Waals surface area contributed by atoms with Crippen molar-refractivity contribution in [1.82, 2.24) is 19.8 Å². The molecule has 0 aliphatic carbocycles. The third-order valence-electron chi connectivity index (χ3n) is 3.53. The van der Waals surface area contributed by atoms with Crippen LogP contribution in [0.4, 0.5) is 0 Å². The minimum atomic E-state index is -0.294. The maximum absolute atomic E-state index is 12.1. The summed E-state index contributed by atoms with van der Waals surface area (Å²) in [7, 11) is 1.57. The Bertz CT molecular complexity index is 686. The summed E-state index contributed by atoms with van der Waals surface area (Å²) in [6.07, 6.45) is 1.80. The zero-order chi connectivity index (χ0) is 14.8. The summed E-state index contributed by atoms with van der Waals surface area (Å²) in [5, 5.41) is 7.64. The van der Waals surface area contributed by atoms with Gasteiger partial charge in [-0.15, -0.1) is 0 Å². The summed E-state index contributed by atoms with van der Waals surface area (Å²) in [5.41, 5.74) is 1.36. The van der Waals surface area contributed by atoms with Gasteiger partial charge in [-0.25, -0.2) is 4.79 Å². The predicted molar refractivity (Wildman–Crippen MR) is 75.8 cm³/mol. The molecule has 2 aromatic rings. The van der Waals surface area contributed by atoms with Crippen LogP contribution in [0.15, 0.2) is 23.0 Å². The molecule has 0 radical (unpaired) electrons. The number of aromatic nitrogens is 4. The molecule has 2 heterocycles. The summed E-state index contributed by atoms with van der Waals surface area (Å²) in [4.78, 5) is 12.1. The van der Waals surface area contributed by atoms with E-state index in [9.17, 15) is 4.79 Å². The quantitative estimate of drug-likeness (QED) is 0.837. The number of rotatable bonds is 3. The molecule has 0 spiro atoms. The van der Waals surface area contributed by atoms with Gasteiger partial charge in [0.2, 0.25) is 0 Å². The molecule has 1 fully saturated rings. The maximum Gasteiger partial charge on any atom is 0.368 e. The highest BCUT2D eigenvalue weighted by Crippen LogP contribution is 2.25. The van der Waals surface area contributed by atoms with E-state index in [1.54, 1.807) is 7.05 Å². The molecule has 112 valence electrons. The second kappa shape index (κ2) is 5.69. The van der Waals surface area contributed by atoms with E-state index in [2.05, 4.69) is 10.4 Å². The summed E-state index contributed by atoms with van der Waals surface area (Å²) in [6, 6.07) is 5.71. The first-order valence-electron chi connectivity index (χ1n) is 6.99. The van der Waals surface area contributed by atoms with Crippen LogP contribution in [0.2, 0.25) is 0 Å². The lowest BCUT2D eigenvalue weighted by molar-refractivity contribution is 0.0255. The normalized spacial score (nSPS) is 16.1. The Morgan fingerprint density at radius 2 is 2.05 bits per heavy atom. The fraction of sp³-hybridized carbons (Fsp3) is 0.500. The van der Waals surface area contributed by atoms with Gasteiger partial charge in [0.05, 0.1) is 13.2 Å². The van der Waals surface area contributed by atoms with Gasteiger partial charge in [-0.05, 0) is 35.0 Å². The highest BCUT2D eigenvalue weighted by atomic mass is 16.5. The molecule has 1 aromatic carbocycles. The Hall–Kier alpha value is -2.15. The molecule has 0 unspecified atom stereocenters. The number of nitrogens with zero attached hydrogens (tertiary/aromatic N) is 4. The fourth-order valence-electron chi connectivity index (χ4n) is 2.33. The van der Waals surface area contributed by atoms with E-state index >= 15 is 0 Å². The van der Waals surface area contributed by atoms with Crippen molar-refractivity contribution in [2.75, 3.05) is 13.2 Å². The molecule has 7 nitrogen and oxygen atoms in total. The highest BCUT2D eigenvalue weighted by Gasteiger charge is 2.19. The van der Waals surface area contributed by atoms with Crippen LogP contribution in [0.25, 0.3) is 5.69 Å². The number of hydrogen-bond acceptors (Lipinski definition) is 5. The van der Waals surface area contributed by atoms with Gasteiger partial charge in [0.15, 0.2) is 0 Å². The van der Waals surface area contributed by atoms with Gasteiger partial charge in [-0.3, -0.25) is 0 Å². The minimum absolute atomic E-state index is 0.104. The molecule has 1 aliphatic heterocycles. The van der Waals surface area contributed by atoms with Crippen molar-refractivity contribution in [2.45, 2.75) is 25.9 Å². The molecule has 1 saturated heterocycles. The van der Waals surface area contributed by atoms with Crippen molar-refractivity contribution in [3.63, 3.8) is 0 Å². The Kier molecular flexibility index (Phi) is 3.74. The average molecular weight is 290 g/mol. The predicted octanol–water partition coefficient (Wildman–Crippen LogP) is 0.832. The maximum atomic E-state index is 12.1. The van der Waals surface area contributed by atoms with Crippen molar-refractivity contribution < 1.29 is 9.47 Å². The van der Waals surface area contributed by atoms with Gasteiger partial charge in [-0.1, -0.05) is 6.07 Å². The Morgan fingerprint density at radius 1 is 1.29 bits per heavy atom. The number of aryl methyl sites for hydroxylation is 2. The first-order chi connectivity index (χ1) is 10.1. The second-order valence-electron chi connectivity index (χ2n) is 5.20. The molecule has 0 atom stereocenters. The van der Waals surface area contributed by atoms with Gasteiger partial charge in [0, 0.05) is 19.9 Å². The smallest absolute Gasteiger partial charge is 0.368 e. The lowest BCUT2D eigenvalue weighted by Crippen LogP contribution is -2.27. The lowest BCUT2D eigenvalue weighted by Gasteiger charge is -2.24. The van der Waals surface area contributed by atoms with Crippen LogP contribution in [0.1, 0.15) is 18.4 Å². The SMILES string of the molecule is Cc1ccc(OC2CCOCC2)c(-n2nnn(C)c2=O)c1. The number of benzene rings is 1. The Balaban J connectivity index is 1.96. The monoisotopic (exact) mass is 290 g/mol. The van der Waals surface area contributed by atoms with E-state index in [1.165, 1.54) is 9.36 Å². The largest absolute Gasteiger partial charge is 0.488 e. The first-order valence-corrected chi connectivity index (χ1v) is 6.99. The number of hydrogen-bond donors (Lipinski definition) is 0. The van der Waals surface area contributed by atoms with Crippen molar-refractivity contribution in [3.8, 4) is 11.4 Å². The van der Waals surface area contributed by atoms with Crippen LogP contribution in [0, 0.1) is 6.92 Å². The van der Waals surface area contributed by atoms with Crippen LogP contribution < -0.4 is 10.4 Å². The molecule has 7 heteroatoms. The van der Waals surface area contributed by atoms with E-state index in [0.29, 0.717) is 24.7 Å². The zero-order valence-corrected chi connectivity index (χ0v) is 12.2. The van der Waals surface area contributed by atoms with Crippen LogP contribution in [-0.2, 0) is 11.8 Å². The van der Waals surface area contributed by atoms with Gasteiger partial charge >= 0.3 is 5.69 Å². The van der Waals surface area contributed by atoms with Gasteiger partial charge in [-0.2, -0.15) is 9.36 Å². The summed E-state index contributed by atoms with van der Waals surface area (Å²) < 4.78 is 13.8. The first kappa shape index (κ1) is 13.8. The molecular weight excluding hydrogens is 272 g/mol. The zero-order valence-electron chi connectivity index (χ0n) is 12.2. The molecule has 0 bridgehead atoms. The van der Waals surface area contributed by atoms with Crippen molar-refractivity contribution >= 4 is 0 Å². The van der Waals surface area contributed by atoms with Crippen molar-refractivity contribution in [2.24, 2.45) is 7.05 Å². The van der Waals surface area contributed by atoms with E-state index in [1.807, 2.05) is 25.1 Å². The number of ether oxygens (including phenoxy) is 2. The topological polar surface area (TPSA) is 71.2 Å². The van der Waals surface area contributed by atoms with Crippen LogP contribution in [-0.4, -0.2) is 39.1 Å². The summed E-state index contributed by atoms with van der Waals surface area (Å²) >= 11 is 0. The van der Waals surface area contributed by atoms with Crippen molar-refractivity contribution in [1.29, 1.82) is 0 Å². The molecule has 0 saturated carbocycles. The highest BCUT2D eigenvalue weighted by molar-refractivity contribution is 5.48. The molecular formula is C14H18N4O3. The Labute approximate surface area is 122 Å². The van der Waals surface area contributed by atoms with Crippen LogP contribution >= 0.6 is 0 Å². The average Bonchev–Trinajstić information content (AvgIpc) is 2.82. The molecule has 0 amide bonds. The van der Waals surface area contributed by atoms with E-state index in [-0.39, 0.29) is 11.8 Å². The lowest BCUT2D eigenvalue weighted by atomic mass is 10.1. The van der Waals surface area contributed by atoms with E-state index in [4.69, 9.17) is 9.47 Å². The van der Waals surface area contributed by atoms with Gasteiger partial charge in [0.1, 0.15) is 17.5 Å². The second-order valence-corrected chi connectivity index (χ2v) is 5.20. The van der Waals surface area contributed by atoms with E-state index < -0.39 is 0 Å². The van der Waals surface area contributed by atoms with Crippen LogP contribution in [0.3, 0.4) is 0 Å². The minimum Gasteiger partial charge on any atom is -0.488 e.